The first-order chi connectivity index (χ1) is 10.8. The fourth-order valence-corrected chi connectivity index (χ4v) is 4.22. The first kappa shape index (κ1) is 14.1. The third kappa shape index (κ3) is 2.21. The quantitative estimate of drug-likeness (QED) is 0.599. The minimum Gasteiger partial charge on any atom is -0.126 e. The average molecular weight is 309 g/mol. The molecule has 0 saturated carbocycles. The Hall–Kier alpha value is -1.53. The van der Waals surface area contributed by atoms with Crippen LogP contribution in [0.2, 0.25) is 0 Å². The van der Waals surface area contributed by atoms with Crippen molar-refractivity contribution in [2.24, 2.45) is 0 Å². The molecule has 2 aromatic rings. The predicted octanol–water partition coefficient (Wildman–Crippen LogP) is 5.98. The molecule has 2 aliphatic rings. The third-order valence-electron chi connectivity index (χ3n) is 5.20. The van der Waals surface area contributed by atoms with Crippen LogP contribution < -0.4 is 0 Å². The highest BCUT2D eigenvalue weighted by Crippen LogP contribution is 2.40. The zero-order valence-corrected chi connectivity index (χ0v) is 13.8. The van der Waals surface area contributed by atoms with Gasteiger partial charge < -0.3 is 0 Å². The molecule has 0 amide bonds. The van der Waals surface area contributed by atoms with Gasteiger partial charge in [0.1, 0.15) is 0 Å². The van der Waals surface area contributed by atoms with Crippen molar-refractivity contribution in [1.82, 2.24) is 0 Å². The van der Waals surface area contributed by atoms with E-state index in [1.807, 2.05) is 0 Å². The summed E-state index contributed by atoms with van der Waals surface area (Å²) in [6, 6.07) is 9.36. The molecule has 0 heterocycles. The molecule has 4 rings (SSSR count). The van der Waals surface area contributed by atoms with Gasteiger partial charge >= 0.3 is 0 Å². The molecule has 1 heteroatoms. The average Bonchev–Trinajstić information content (AvgIpc) is 2.55. The zero-order chi connectivity index (χ0) is 15.1. The van der Waals surface area contributed by atoms with Crippen molar-refractivity contribution in [3.05, 3.63) is 64.2 Å². The number of hydrogen-bond donors (Lipinski definition) is 0. The van der Waals surface area contributed by atoms with Gasteiger partial charge in [-0.05, 0) is 77.6 Å². The number of halogens is 1. The maximum absolute atomic E-state index is 5.98. The number of hydrogen-bond acceptors (Lipinski definition) is 0. The Morgan fingerprint density at radius 2 is 2.00 bits per heavy atom. The standard InChI is InChI=1S/C21H21Cl/c1-14-12-17-7-9-19-18-5-3-2-4-15(18)6-8-20(19)21(17)13-16(14)10-11-22/h3,5,7,9,12-13H,2,4,6,8,10-11H2,1H3. The Kier molecular flexibility index (Phi) is 3.58. The summed E-state index contributed by atoms with van der Waals surface area (Å²) < 4.78 is 0. The Balaban J connectivity index is 1.94. The molecule has 0 unspecified atom stereocenters. The topological polar surface area (TPSA) is 0 Å². The highest BCUT2D eigenvalue weighted by molar-refractivity contribution is 6.18. The fourth-order valence-electron chi connectivity index (χ4n) is 4.01. The second-order valence-corrected chi connectivity index (χ2v) is 6.87. The largest absolute Gasteiger partial charge is 0.126 e. The summed E-state index contributed by atoms with van der Waals surface area (Å²) in [6.45, 7) is 2.20. The van der Waals surface area contributed by atoms with E-state index in [9.17, 15) is 0 Å². The fraction of sp³-hybridized carbons (Fsp3) is 0.333. The van der Waals surface area contributed by atoms with Crippen LogP contribution in [0.5, 0.6) is 0 Å². The minimum atomic E-state index is 0.694. The lowest BCUT2D eigenvalue weighted by Gasteiger charge is -2.25. The molecule has 2 aliphatic carbocycles. The van der Waals surface area contributed by atoms with Crippen LogP contribution >= 0.6 is 11.6 Å². The summed E-state index contributed by atoms with van der Waals surface area (Å²) in [4.78, 5) is 0. The second-order valence-electron chi connectivity index (χ2n) is 6.49. The number of rotatable bonds is 2. The summed E-state index contributed by atoms with van der Waals surface area (Å²) in [6.07, 6.45) is 10.5. The Bertz CT molecular complexity index is 808. The van der Waals surface area contributed by atoms with Gasteiger partial charge in [0.15, 0.2) is 0 Å². The molecule has 0 bridgehead atoms. The van der Waals surface area contributed by atoms with Crippen molar-refractivity contribution >= 4 is 27.9 Å². The van der Waals surface area contributed by atoms with Gasteiger partial charge in [-0.15, -0.1) is 11.6 Å². The highest BCUT2D eigenvalue weighted by atomic mass is 35.5. The summed E-state index contributed by atoms with van der Waals surface area (Å²) in [7, 11) is 0. The summed E-state index contributed by atoms with van der Waals surface area (Å²) in [5.74, 6) is 0.694. The molecule has 0 nitrogen and oxygen atoms in total. The number of alkyl halides is 1. The molecule has 2 aromatic carbocycles. The SMILES string of the molecule is Cc1cc2ccc3c(c2cc1CCCl)CCC1=C3C=CCC1. The lowest BCUT2D eigenvalue weighted by Crippen LogP contribution is -2.07. The van der Waals surface area contributed by atoms with E-state index in [4.69, 9.17) is 11.6 Å². The Morgan fingerprint density at radius 1 is 1.09 bits per heavy atom. The van der Waals surface area contributed by atoms with Gasteiger partial charge in [0.05, 0.1) is 0 Å². The van der Waals surface area contributed by atoms with E-state index in [1.54, 1.807) is 11.1 Å². The predicted molar refractivity (Wildman–Crippen MR) is 96.7 cm³/mol. The summed E-state index contributed by atoms with van der Waals surface area (Å²) in [5.41, 5.74) is 8.91. The molecular formula is C21H21Cl. The molecule has 0 fully saturated rings. The van der Waals surface area contributed by atoms with Crippen molar-refractivity contribution in [2.45, 2.75) is 39.0 Å². The smallest absolute Gasteiger partial charge is 0.0264 e. The molecule has 0 spiro atoms. The molecule has 22 heavy (non-hydrogen) atoms. The van der Waals surface area contributed by atoms with E-state index >= 15 is 0 Å². The Labute approximate surface area is 137 Å². The number of aryl methyl sites for hydroxylation is 3. The number of allylic oxidation sites excluding steroid dienone is 4. The normalized spacial score (nSPS) is 16.8. The molecule has 0 saturated heterocycles. The van der Waals surface area contributed by atoms with Crippen molar-refractivity contribution in [3.63, 3.8) is 0 Å². The van der Waals surface area contributed by atoms with E-state index in [2.05, 4.69) is 43.3 Å². The molecule has 0 N–H and O–H groups in total. The Morgan fingerprint density at radius 3 is 2.86 bits per heavy atom. The molecule has 112 valence electrons. The van der Waals surface area contributed by atoms with Gasteiger partial charge in [0, 0.05) is 5.88 Å². The first-order valence-corrected chi connectivity index (χ1v) is 8.81. The molecular weight excluding hydrogens is 288 g/mol. The van der Waals surface area contributed by atoms with Crippen LogP contribution in [-0.4, -0.2) is 5.88 Å². The van der Waals surface area contributed by atoms with Crippen LogP contribution in [0.15, 0.2) is 42.0 Å². The first-order valence-electron chi connectivity index (χ1n) is 8.28. The zero-order valence-electron chi connectivity index (χ0n) is 13.1. The van der Waals surface area contributed by atoms with Gasteiger partial charge in [-0.1, -0.05) is 42.0 Å². The number of fused-ring (bicyclic) bond motifs is 4. The maximum Gasteiger partial charge on any atom is 0.0264 e. The third-order valence-corrected chi connectivity index (χ3v) is 5.39. The van der Waals surface area contributed by atoms with Crippen molar-refractivity contribution in [2.75, 3.05) is 5.88 Å². The van der Waals surface area contributed by atoms with E-state index in [1.165, 1.54) is 58.7 Å². The summed E-state index contributed by atoms with van der Waals surface area (Å²) in [5, 5.41) is 2.81. The molecule has 0 atom stereocenters. The highest BCUT2D eigenvalue weighted by Gasteiger charge is 2.20. The van der Waals surface area contributed by atoms with Gasteiger partial charge in [-0.25, -0.2) is 0 Å². The van der Waals surface area contributed by atoms with Crippen molar-refractivity contribution in [1.29, 1.82) is 0 Å². The summed E-state index contributed by atoms with van der Waals surface area (Å²) >= 11 is 5.98. The lowest BCUT2D eigenvalue weighted by atomic mass is 9.79. The van der Waals surface area contributed by atoms with Gasteiger partial charge in [0.2, 0.25) is 0 Å². The van der Waals surface area contributed by atoms with E-state index in [0.717, 1.165) is 6.42 Å². The molecule has 0 aliphatic heterocycles. The van der Waals surface area contributed by atoms with Crippen LogP contribution in [-0.2, 0) is 12.8 Å². The van der Waals surface area contributed by atoms with Crippen LogP contribution in [0.4, 0.5) is 0 Å². The van der Waals surface area contributed by atoms with Crippen molar-refractivity contribution in [3.8, 4) is 0 Å². The number of benzene rings is 2. The molecule has 0 aromatic heterocycles. The van der Waals surface area contributed by atoms with Crippen LogP contribution in [0, 0.1) is 6.92 Å². The van der Waals surface area contributed by atoms with E-state index in [0.29, 0.717) is 5.88 Å². The maximum atomic E-state index is 5.98. The van der Waals surface area contributed by atoms with Crippen LogP contribution in [0.25, 0.3) is 16.3 Å². The minimum absolute atomic E-state index is 0.694. The van der Waals surface area contributed by atoms with Gasteiger partial charge in [-0.3, -0.25) is 0 Å². The molecule has 0 radical (unpaired) electrons. The van der Waals surface area contributed by atoms with Gasteiger partial charge in [0.25, 0.3) is 0 Å². The monoisotopic (exact) mass is 308 g/mol. The van der Waals surface area contributed by atoms with Crippen LogP contribution in [0.3, 0.4) is 0 Å². The van der Waals surface area contributed by atoms with E-state index < -0.39 is 0 Å². The van der Waals surface area contributed by atoms with Crippen molar-refractivity contribution < 1.29 is 0 Å². The van der Waals surface area contributed by atoms with E-state index in [-0.39, 0.29) is 0 Å². The lowest BCUT2D eigenvalue weighted by molar-refractivity contribution is 0.831. The second kappa shape index (κ2) is 5.59. The van der Waals surface area contributed by atoms with Crippen LogP contribution in [0.1, 0.15) is 41.5 Å². The van der Waals surface area contributed by atoms with Gasteiger partial charge in [-0.2, -0.15) is 0 Å².